The van der Waals surface area contributed by atoms with Gasteiger partial charge >= 0.3 is 12.1 Å². The number of halogens is 4. The molecule has 31 heavy (non-hydrogen) atoms. The minimum absolute atomic E-state index is 0.0186. The summed E-state index contributed by atoms with van der Waals surface area (Å²) in [5.41, 5.74) is -1.12. The van der Waals surface area contributed by atoms with E-state index in [0.717, 1.165) is 17.0 Å². The van der Waals surface area contributed by atoms with Crippen LogP contribution in [0.1, 0.15) is 28.8 Å². The predicted octanol–water partition coefficient (Wildman–Crippen LogP) is 3.81. The van der Waals surface area contributed by atoms with Gasteiger partial charge in [0.25, 0.3) is 5.91 Å². The van der Waals surface area contributed by atoms with Gasteiger partial charge in [0.2, 0.25) is 11.8 Å². The predicted molar refractivity (Wildman–Crippen MR) is 104 cm³/mol. The summed E-state index contributed by atoms with van der Waals surface area (Å²) < 4.78 is 43.3. The molecule has 11 heteroatoms. The lowest BCUT2D eigenvalue weighted by Crippen LogP contribution is -2.28. The van der Waals surface area contributed by atoms with Crippen molar-refractivity contribution in [2.75, 3.05) is 16.8 Å². The van der Waals surface area contributed by atoms with Crippen LogP contribution in [0.25, 0.3) is 0 Å². The fraction of sp³-hybridized carbons (Fsp3) is 0.200. The number of anilines is 2. The van der Waals surface area contributed by atoms with E-state index in [4.69, 9.17) is 16.3 Å². The molecule has 0 aliphatic carbocycles. The van der Waals surface area contributed by atoms with Crippen LogP contribution < -0.4 is 10.2 Å². The molecule has 1 aliphatic heterocycles. The lowest BCUT2D eigenvalue weighted by Gasteiger charge is -2.14. The van der Waals surface area contributed by atoms with Crippen molar-refractivity contribution in [3.8, 4) is 0 Å². The lowest BCUT2D eigenvalue weighted by atomic mass is 10.2. The first kappa shape index (κ1) is 22.3. The summed E-state index contributed by atoms with van der Waals surface area (Å²) in [6.45, 7) is -0.794. The second kappa shape index (κ2) is 8.76. The van der Waals surface area contributed by atoms with E-state index >= 15 is 0 Å². The van der Waals surface area contributed by atoms with E-state index in [9.17, 15) is 32.3 Å². The Labute approximate surface area is 178 Å². The van der Waals surface area contributed by atoms with E-state index in [1.807, 2.05) is 0 Å². The van der Waals surface area contributed by atoms with E-state index < -0.39 is 42.0 Å². The molecule has 7 nitrogen and oxygen atoms in total. The quantitative estimate of drug-likeness (QED) is 0.548. The van der Waals surface area contributed by atoms with Crippen molar-refractivity contribution in [3.05, 3.63) is 58.6 Å². The highest BCUT2D eigenvalue weighted by atomic mass is 35.5. The van der Waals surface area contributed by atoms with Crippen LogP contribution in [-0.4, -0.2) is 30.3 Å². The van der Waals surface area contributed by atoms with Crippen molar-refractivity contribution < 1.29 is 37.1 Å². The first-order valence-corrected chi connectivity index (χ1v) is 9.23. The van der Waals surface area contributed by atoms with Crippen molar-refractivity contribution in [3.63, 3.8) is 0 Å². The normalized spacial score (nSPS) is 14.0. The fourth-order valence-corrected chi connectivity index (χ4v) is 3.00. The van der Waals surface area contributed by atoms with Crippen LogP contribution in [-0.2, 0) is 25.3 Å². The van der Waals surface area contributed by atoms with E-state index in [1.54, 1.807) is 0 Å². The second-order valence-corrected chi connectivity index (χ2v) is 6.90. The molecule has 2 aromatic carbocycles. The van der Waals surface area contributed by atoms with Crippen LogP contribution in [0.3, 0.4) is 0 Å². The zero-order valence-electron chi connectivity index (χ0n) is 15.7. The number of carbonyl (C=O) groups excluding carboxylic acids is 4. The Balaban J connectivity index is 1.64. The Kier molecular flexibility index (Phi) is 6.30. The molecule has 1 saturated heterocycles. The number of amides is 3. The highest BCUT2D eigenvalue weighted by molar-refractivity contribution is 6.33. The number of hydrogen-bond acceptors (Lipinski definition) is 5. The number of hydrogen-bond donors (Lipinski definition) is 1. The summed E-state index contributed by atoms with van der Waals surface area (Å²) in [6.07, 6.45) is -4.47. The summed E-state index contributed by atoms with van der Waals surface area (Å²) in [7, 11) is 0. The van der Waals surface area contributed by atoms with Gasteiger partial charge in [0.15, 0.2) is 6.61 Å². The van der Waals surface area contributed by atoms with Gasteiger partial charge in [0.1, 0.15) is 0 Å². The van der Waals surface area contributed by atoms with Crippen LogP contribution in [0.2, 0.25) is 5.02 Å². The van der Waals surface area contributed by atoms with Gasteiger partial charge in [-0.3, -0.25) is 19.3 Å². The third-order valence-electron chi connectivity index (χ3n) is 4.29. The molecule has 1 heterocycles. The number of nitrogens with zero attached hydrogens (tertiary/aromatic N) is 1. The number of benzene rings is 2. The van der Waals surface area contributed by atoms with Gasteiger partial charge in [-0.05, 0) is 36.4 Å². The number of rotatable bonds is 5. The monoisotopic (exact) mass is 454 g/mol. The van der Waals surface area contributed by atoms with Crippen molar-refractivity contribution in [2.45, 2.75) is 19.0 Å². The molecule has 0 atom stereocenters. The van der Waals surface area contributed by atoms with Gasteiger partial charge in [0, 0.05) is 12.8 Å². The second-order valence-electron chi connectivity index (χ2n) is 6.49. The number of nitrogens with one attached hydrogen (secondary N) is 1. The minimum atomic E-state index is -4.63. The molecule has 0 unspecified atom stereocenters. The number of esters is 1. The highest BCUT2D eigenvalue weighted by Gasteiger charge is 2.32. The topological polar surface area (TPSA) is 92.8 Å². The molecular formula is C20H14ClF3N2O5. The molecule has 1 fully saturated rings. The Morgan fingerprint density at radius 3 is 2.39 bits per heavy atom. The summed E-state index contributed by atoms with van der Waals surface area (Å²) in [4.78, 5) is 48.8. The minimum Gasteiger partial charge on any atom is -0.452 e. The molecule has 162 valence electrons. The number of alkyl halides is 3. The first-order valence-electron chi connectivity index (χ1n) is 8.86. The van der Waals surface area contributed by atoms with Crippen LogP contribution in [0.15, 0.2) is 42.5 Å². The highest BCUT2D eigenvalue weighted by Crippen LogP contribution is 2.33. The molecule has 1 N–H and O–H groups in total. The van der Waals surface area contributed by atoms with Gasteiger partial charge in [-0.1, -0.05) is 17.7 Å². The Hall–Kier alpha value is -3.40. The molecule has 0 spiro atoms. The molecule has 2 aromatic rings. The average Bonchev–Trinajstić information content (AvgIpc) is 3.05. The van der Waals surface area contributed by atoms with E-state index in [-0.39, 0.29) is 34.8 Å². The van der Waals surface area contributed by atoms with Crippen molar-refractivity contribution in [1.29, 1.82) is 0 Å². The summed E-state index contributed by atoms with van der Waals surface area (Å²) in [5.74, 6) is -2.62. The smallest absolute Gasteiger partial charge is 0.416 e. The molecule has 0 saturated carbocycles. The SMILES string of the molecule is O=C(COC(=O)c1cccc(N2C(=O)CCC2=O)c1)Nc1cc(C(F)(F)F)ccc1Cl. The fourth-order valence-electron chi connectivity index (χ4n) is 2.83. The lowest BCUT2D eigenvalue weighted by molar-refractivity contribution is -0.137. The van der Waals surface area contributed by atoms with Gasteiger partial charge in [-0.25, -0.2) is 4.79 Å². The Morgan fingerprint density at radius 1 is 1.06 bits per heavy atom. The van der Waals surface area contributed by atoms with Crippen molar-refractivity contribution in [1.82, 2.24) is 0 Å². The number of carbonyl (C=O) groups is 4. The van der Waals surface area contributed by atoms with Crippen molar-refractivity contribution in [2.24, 2.45) is 0 Å². The zero-order valence-corrected chi connectivity index (χ0v) is 16.4. The van der Waals surface area contributed by atoms with Crippen LogP contribution in [0.5, 0.6) is 0 Å². The maximum atomic E-state index is 12.8. The zero-order chi connectivity index (χ0) is 22.8. The number of imide groups is 1. The van der Waals surface area contributed by atoms with Crippen LogP contribution >= 0.6 is 11.6 Å². The van der Waals surface area contributed by atoms with E-state index in [1.165, 1.54) is 24.3 Å². The summed E-state index contributed by atoms with van der Waals surface area (Å²) in [6, 6.07) is 7.95. The summed E-state index contributed by atoms with van der Waals surface area (Å²) in [5, 5.41) is 2.03. The Bertz CT molecular complexity index is 1060. The molecule has 0 bridgehead atoms. The summed E-state index contributed by atoms with van der Waals surface area (Å²) >= 11 is 5.80. The molecule has 3 amide bonds. The molecule has 1 aliphatic rings. The number of ether oxygens (including phenoxy) is 1. The van der Waals surface area contributed by atoms with Crippen LogP contribution in [0.4, 0.5) is 24.5 Å². The van der Waals surface area contributed by atoms with E-state index in [0.29, 0.717) is 6.07 Å². The first-order chi connectivity index (χ1) is 14.6. The molecule has 0 radical (unpaired) electrons. The largest absolute Gasteiger partial charge is 0.452 e. The van der Waals surface area contributed by atoms with Gasteiger partial charge in [-0.2, -0.15) is 13.2 Å². The third kappa shape index (κ3) is 5.21. The molecule has 3 rings (SSSR count). The third-order valence-corrected chi connectivity index (χ3v) is 4.62. The van der Waals surface area contributed by atoms with Gasteiger partial charge in [0.05, 0.1) is 27.5 Å². The Morgan fingerprint density at radius 2 is 1.74 bits per heavy atom. The molecular weight excluding hydrogens is 441 g/mol. The maximum Gasteiger partial charge on any atom is 0.416 e. The van der Waals surface area contributed by atoms with Crippen LogP contribution in [0, 0.1) is 0 Å². The van der Waals surface area contributed by atoms with Crippen molar-refractivity contribution >= 4 is 46.7 Å². The van der Waals surface area contributed by atoms with Gasteiger partial charge in [-0.15, -0.1) is 0 Å². The molecule has 0 aromatic heterocycles. The standard InChI is InChI=1S/C20H14ClF3N2O5/c21-14-5-4-12(20(22,23)24)9-15(14)25-16(27)10-31-19(30)11-2-1-3-13(8-11)26-17(28)6-7-18(26)29/h1-5,8-9H,6-7,10H2,(H,25,27). The van der Waals surface area contributed by atoms with E-state index in [2.05, 4.69) is 5.32 Å². The van der Waals surface area contributed by atoms with Gasteiger partial charge < -0.3 is 10.1 Å². The average molecular weight is 455 g/mol. The maximum absolute atomic E-state index is 12.8.